The van der Waals surface area contributed by atoms with Crippen LogP contribution in [-0.2, 0) is 60.7 Å². The van der Waals surface area contributed by atoms with Crippen LogP contribution in [-0.4, -0.2) is 134 Å². The van der Waals surface area contributed by atoms with Crippen LogP contribution in [0.2, 0.25) is 15.6 Å². The number of halogens is 3. The third-order valence-corrected chi connectivity index (χ3v) is 17.3. The van der Waals surface area contributed by atoms with E-state index in [2.05, 4.69) is 78.4 Å². The zero-order valence-corrected chi connectivity index (χ0v) is 48.6. The Hall–Kier alpha value is -7.81. The first-order valence-corrected chi connectivity index (χ1v) is 32.5. The van der Waals surface area contributed by atoms with Crippen molar-refractivity contribution < 1.29 is 87.3 Å². The number of hydrogen-bond donors (Lipinski definition) is 12. The molecule has 0 aliphatic carbocycles. The van der Waals surface area contributed by atoms with Crippen molar-refractivity contribution in [3.05, 3.63) is 99.1 Å². The third kappa shape index (κ3) is 13.5. The SMILES string of the molecule is C=Cc1c2c(c(Cl)c3c1=Nc1ccc(NCCNc4nc(Cl)nc(Nc5ccc(S(=O)(=O)O)cc5S(=O)(=O)O)n4)c(S(=O)(=O)O)c1O3)=Nc1ccc(NCCNc3nc(Cl)nc(Nc4ccc(S(=O)(=O)O)cc4S(=O)(=O)O)n3)c(S(=O)(=O)O)c1O2. The van der Waals surface area contributed by atoms with Crippen LogP contribution in [0, 0.1) is 0 Å². The lowest BCUT2D eigenvalue weighted by Crippen LogP contribution is -2.25. The minimum absolute atomic E-state index is 0.0279. The van der Waals surface area contributed by atoms with Gasteiger partial charge >= 0.3 is 0 Å². The van der Waals surface area contributed by atoms with Gasteiger partial charge in [0, 0.05) is 31.7 Å². The Morgan fingerprint density at radius 1 is 0.435 bits per heavy atom. The summed E-state index contributed by atoms with van der Waals surface area (Å²) in [4.78, 5) is 27.3. The van der Waals surface area contributed by atoms with Gasteiger partial charge in [-0.1, -0.05) is 24.3 Å². The number of nitrogens with zero attached hydrogens (tertiary/aromatic N) is 8. The summed E-state index contributed by atoms with van der Waals surface area (Å²) in [5.74, 6) is -2.92. The Morgan fingerprint density at radius 3 is 1.20 bits per heavy atom. The van der Waals surface area contributed by atoms with Crippen LogP contribution in [0.4, 0.5) is 57.9 Å². The quantitative estimate of drug-likeness (QED) is 0.0340. The molecule has 2 aliphatic heterocycles. The highest BCUT2D eigenvalue weighted by Crippen LogP contribution is 2.48. The molecule has 0 fully saturated rings. The van der Waals surface area contributed by atoms with Crippen LogP contribution >= 0.6 is 34.8 Å². The summed E-state index contributed by atoms with van der Waals surface area (Å²) in [6, 6.07) is 9.38. The maximum atomic E-state index is 13.1. The van der Waals surface area contributed by atoms with E-state index in [4.69, 9.17) is 44.3 Å². The van der Waals surface area contributed by atoms with E-state index in [1.54, 1.807) is 0 Å². The van der Waals surface area contributed by atoms with Crippen LogP contribution < -0.4 is 52.1 Å². The number of anilines is 8. The topological polar surface area (TPSA) is 519 Å². The van der Waals surface area contributed by atoms with Crippen molar-refractivity contribution in [3.63, 3.8) is 0 Å². The molecule has 2 aromatic heterocycles. The van der Waals surface area contributed by atoms with Crippen LogP contribution in [0.3, 0.4) is 0 Å². The highest BCUT2D eigenvalue weighted by molar-refractivity contribution is 7.87. The van der Waals surface area contributed by atoms with Gasteiger partial charge in [0.2, 0.25) is 34.4 Å². The number of benzene rings is 5. The number of hydrogen-bond acceptors (Lipinski definition) is 28. The van der Waals surface area contributed by atoms with Gasteiger partial charge in [-0.25, -0.2) is 9.98 Å². The molecule has 0 spiro atoms. The van der Waals surface area contributed by atoms with E-state index in [0.29, 0.717) is 12.1 Å². The molecule has 5 aromatic carbocycles. The van der Waals surface area contributed by atoms with Crippen molar-refractivity contribution in [2.24, 2.45) is 9.98 Å². The standard InChI is InChI=1S/C42H33Cl3N14O20S6/c1-2-19-29-34(79-33-22(50-29)7-9-25(36(33)85(75,76)77)47-12-14-49-40-55-38(45)57-42(59-40)53-21-6-4-18(81(63,64)65)16-27(21)83(69,70)71)28(43)30-31(19)78-32-23(51-30)8-10-24(35(32)84(72,73)74)46-11-13-48-39-54-37(44)56-41(58-39)52-20-5-3-17(80(60,61)62)15-26(20)82(66,67)68/h2-10,15-16,46-47H,1,11-14H2,(H,60,61,62)(H,63,64,65)(H,66,67,68)(H,69,70,71)(H,72,73,74)(H,75,76,77)(H2,48,52,54,56,58)(H2,49,53,55,57,59). The summed E-state index contributed by atoms with van der Waals surface area (Å²) < 4.78 is 219. The Balaban J connectivity index is 0.926. The van der Waals surface area contributed by atoms with E-state index < -0.39 is 135 Å². The Bertz CT molecular complexity index is 4890. The first-order valence-electron chi connectivity index (χ1n) is 22.7. The maximum absolute atomic E-state index is 13.1. The lowest BCUT2D eigenvalue weighted by atomic mass is 10.1. The molecule has 0 radical (unpaired) electrons. The van der Waals surface area contributed by atoms with Crippen molar-refractivity contribution in [3.8, 4) is 23.0 Å². The molecule has 7 aromatic rings. The molecule has 448 valence electrons. The fraction of sp³-hybridized carbons (Fsp3) is 0.0952. The van der Waals surface area contributed by atoms with Gasteiger partial charge in [0.15, 0.2) is 32.8 Å². The predicted molar refractivity (Wildman–Crippen MR) is 298 cm³/mol. The number of nitrogens with one attached hydrogen (secondary N) is 6. The minimum Gasteiger partial charge on any atom is -0.450 e. The largest absolute Gasteiger partial charge is 0.450 e. The van der Waals surface area contributed by atoms with Gasteiger partial charge in [-0.15, -0.1) is 0 Å². The summed E-state index contributed by atoms with van der Waals surface area (Å²) in [6.45, 7) is 3.21. The zero-order chi connectivity index (χ0) is 61.9. The lowest BCUT2D eigenvalue weighted by molar-refractivity contribution is 0.427. The summed E-state index contributed by atoms with van der Waals surface area (Å²) in [7, 11) is -30.3. The zero-order valence-electron chi connectivity index (χ0n) is 41.4. The van der Waals surface area contributed by atoms with Crippen molar-refractivity contribution in [2.45, 2.75) is 29.4 Å². The molecule has 9 rings (SSSR count). The number of fused-ring (bicyclic) bond motifs is 4. The van der Waals surface area contributed by atoms with Gasteiger partial charge in [0.1, 0.15) is 36.9 Å². The average molecular weight is 1350 g/mol. The van der Waals surface area contributed by atoms with Crippen molar-refractivity contribution in [1.82, 2.24) is 29.9 Å². The van der Waals surface area contributed by atoms with Crippen molar-refractivity contribution >= 4 is 160 Å². The smallest absolute Gasteiger partial charge is 0.300 e. The molecule has 0 unspecified atom stereocenters. The molecular weight excluding hydrogens is 1320 g/mol. The normalized spacial score (nSPS) is 13.0. The molecule has 2 aliphatic rings. The molecule has 0 saturated heterocycles. The average Bonchev–Trinajstić information content (AvgIpc) is 0.842. The number of rotatable bonds is 21. The fourth-order valence-electron chi connectivity index (χ4n) is 7.89. The van der Waals surface area contributed by atoms with Crippen LogP contribution in [0.15, 0.2) is 107 Å². The van der Waals surface area contributed by atoms with Crippen molar-refractivity contribution in [2.75, 3.05) is 58.1 Å². The first kappa shape index (κ1) is 61.7. The van der Waals surface area contributed by atoms with E-state index in [1.807, 2.05) is 0 Å². The lowest BCUT2D eigenvalue weighted by Gasteiger charge is -2.24. The highest BCUT2D eigenvalue weighted by Gasteiger charge is 2.35. The second kappa shape index (κ2) is 22.9. The molecule has 4 heterocycles. The number of aromatic nitrogens is 6. The first-order chi connectivity index (χ1) is 39.6. The van der Waals surface area contributed by atoms with E-state index in [-0.39, 0.29) is 93.6 Å². The molecule has 34 nitrogen and oxygen atoms in total. The van der Waals surface area contributed by atoms with Gasteiger partial charge in [0.25, 0.3) is 60.7 Å². The molecule has 0 amide bonds. The Kier molecular flexibility index (Phi) is 16.6. The fourth-order valence-corrected chi connectivity index (χ4v) is 12.6. The second-order valence-electron chi connectivity index (χ2n) is 16.9. The van der Waals surface area contributed by atoms with Crippen LogP contribution in [0.25, 0.3) is 6.08 Å². The Morgan fingerprint density at radius 2 is 0.812 bits per heavy atom. The van der Waals surface area contributed by atoms with E-state index in [1.165, 1.54) is 30.3 Å². The molecule has 43 heteroatoms. The molecule has 0 bridgehead atoms. The van der Waals surface area contributed by atoms with Gasteiger partial charge in [-0.2, -0.15) is 80.4 Å². The molecule has 0 saturated carbocycles. The van der Waals surface area contributed by atoms with E-state index in [0.717, 1.165) is 24.3 Å². The van der Waals surface area contributed by atoms with Gasteiger partial charge in [0.05, 0.1) is 32.5 Å². The third-order valence-electron chi connectivity index (χ3n) is 11.3. The molecule has 0 atom stereocenters. The van der Waals surface area contributed by atoms with Gasteiger partial charge in [-0.05, 0) is 83.9 Å². The monoisotopic (exact) mass is 1350 g/mol. The minimum atomic E-state index is -5.19. The Labute approximate surface area is 493 Å². The van der Waals surface area contributed by atoms with Crippen LogP contribution in [0.5, 0.6) is 23.0 Å². The summed E-state index contributed by atoms with van der Waals surface area (Å²) in [6.07, 6.45) is 1.21. The van der Waals surface area contributed by atoms with Gasteiger partial charge < -0.3 is 41.4 Å². The molecular formula is C42H33Cl3N14O20S6. The van der Waals surface area contributed by atoms with Crippen LogP contribution in [0.1, 0.15) is 5.56 Å². The van der Waals surface area contributed by atoms with E-state index in [9.17, 15) is 77.8 Å². The highest BCUT2D eigenvalue weighted by atomic mass is 35.5. The van der Waals surface area contributed by atoms with Crippen molar-refractivity contribution in [1.29, 1.82) is 0 Å². The predicted octanol–water partition coefficient (Wildman–Crippen LogP) is 4.79. The van der Waals surface area contributed by atoms with E-state index >= 15 is 0 Å². The summed E-state index contributed by atoms with van der Waals surface area (Å²) in [5, 5.41) is 14.4. The second-order valence-corrected chi connectivity index (χ2v) is 26.3. The number of ether oxygens (including phenoxy) is 2. The summed E-state index contributed by atoms with van der Waals surface area (Å²) >= 11 is 19.0. The molecule has 85 heavy (non-hydrogen) atoms. The van der Waals surface area contributed by atoms with Gasteiger partial charge in [-0.3, -0.25) is 27.3 Å². The maximum Gasteiger partial charge on any atom is 0.300 e. The summed E-state index contributed by atoms with van der Waals surface area (Å²) in [5.41, 5.74) is -1.76. The molecule has 12 N–H and O–H groups in total.